The minimum atomic E-state index is -0.847. The third-order valence-electron chi connectivity index (χ3n) is 2.83. The van der Waals surface area contributed by atoms with Gasteiger partial charge in [0.2, 0.25) is 0 Å². The van der Waals surface area contributed by atoms with Gasteiger partial charge in [0.15, 0.2) is 0 Å². The number of hydrogen-bond acceptors (Lipinski definition) is 4. The van der Waals surface area contributed by atoms with E-state index in [0.717, 1.165) is 11.1 Å². The number of rotatable bonds is 3. The van der Waals surface area contributed by atoms with Gasteiger partial charge < -0.3 is 9.73 Å². The lowest BCUT2D eigenvalue weighted by molar-refractivity contribution is -0.136. The lowest BCUT2D eigenvalue weighted by Crippen LogP contribution is -2.32. The Balaban J connectivity index is 1.95. The summed E-state index contributed by atoms with van der Waals surface area (Å²) in [4.78, 5) is 23.4. The van der Waals surface area contributed by atoms with E-state index in [9.17, 15) is 9.59 Å². The summed E-state index contributed by atoms with van der Waals surface area (Å²) in [6, 6.07) is 8.96. The number of anilines is 1. The average Bonchev–Trinajstić information content (AvgIpc) is 2.96. The van der Waals surface area contributed by atoms with Crippen molar-refractivity contribution in [1.82, 2.24) is 5.43 Å². The van der Waals surface area contributed by atoms with Crippen molar-refractivity contribution < 1.29 is 14.0 Å². The molecule has 0 spiro atoms. The van der Waals surface area contributed by atoms with E-state index in [-0.39, 0.29) is 0 Å². The molecule has 108 valence electrons. The number of carbonyl (C=O) groups is 2. The number of hydrazone groups is 1. The highest BCUT2D eigenvalue weighted by atomic mass is 16.3. The second-order valence-corrected chi connectivity index (χ2v) is 4.44. The number of nitrogens with one attached hydrogen (secondary N) is 2. The van der Waals surface area contributed by atoms with Crippen molar-refractivity contribution in [3.05, 3.63) is 53.5 Å². The fourth-order valence-corrected chi connectivity index (χ4v) is 1.75. The summed E-state index contributed by atoms with van der Waals surface area (Å²) in [6.45, 7) is 3.71. The number of aryl methyl sites for hydroxylation is 2. The Kier molecular flexibility index (Phi) is 4.50. The zero-order valence-corrected chi connectivity index (χ0v) is 11.7. The summed E-state index contributed by atoms with van der Waals surface area (Å²) in [5.41, 5.74) is 4.54. The van der Waals surface area contributed by atoms with Gasteiger partial charge in [-0.15, -0.1) is 0 Å². The fourth-order valence-electron chi connectivity index (χ4n) is 1.75. The predicted octanol–water partition coefficient (Wildman–Crippen LogP) is 1.99. The molecular weight excluding hydrogens is 270 g/mol. The molecule has 1 aromatic carbocycles. The Bertz CT molecular complexity index is 655. The van der Waals surface area contributed by atoms with E-state index in [1.165, 1.54) is 12.5 Å². The third-order valence-corrected chi connectivity index (χ3v) is 2.83. The van der Waals surface area contributed by atoms with Crippen LogP contribution < -0.4 is 10.7 Å². The average molecular weight is 285 g/mol. The molecule has 6 nitrogen and oxygen atoms in total. The summed E-state index contributed by atoms with van der Waals surface area (Å²) < 4.78 is 5.00. The van der Waals surface area contributed by atoms with E-state index in [1.54, 1.807) is 12.1 Å². The molecule has 0 radical (unpaired) electrons. The quantitative estimate of drug-likeness (QED) is 0.514. The summed E-state index contributed by atoms with van der Waals surface area (Å²) in [5.74, 6) is -1.14. The second-order valence-electron chi connectivity index (χ2n) is 4.44. The first kappa shape index (κ1) is 14.5. The first-order chi connectivity index (χ1) is 10.1. The Morgan fingerprint density at radius 1 is 1.10 bits per heavy atom. The SMILES string of the molecule is Cc1cccc(C)c1NC(=O)C(=O)N/N=C/c1ccco1. The highest BCUT2D eigenvalue weighted by molar-refractivity contribution is 6.39. The standard InChI is InChI=1S/C15H15N3O3/c1-10-5-3-6-11(2)13(10)17-14(19)15(20)18-16-9-12-7-4-8-21-12/h3-9H,1-2H3,(H,17,19)(H,18,20)/b16-9+. The minimum Gasteiger partial charge on any atom is -0.463 e. The molecule has 6 heteroatoms. The number of nitrogens with zero attached hydrogens (tertiary/aromatic N) is 1. The van der Waals surface area contributed by atoms with E-state index in [2.05, 4.69) is 15.8 Å². The normalized spacial score (nSPS) is 10.6. The van der Waals surface area contributed by atoms with Crippen LogP contribution in [0.3, 0.4) is 0 Å². The number of amides is 2. The largest absolute Gasteiger partial charge is 0.463 e. The van der Waals surface area contributed by atoms with Crippen LogP contribution in [0.1, 0.15) is 16.9 Å². The number of furan rings is 1. The lowest BCUT2D eigenvalue weighted by atomic mass is 10.1. The number of benzene rings is 1. The van der Waals surface area contributed by atoms with Gasteiger partial charge in [0.05, 0.1) is 12.5 Å². The van der Waals surface area contributed by atoms with Crippen molar-refractivity contribution in [2.75, 3.05) is 5.32 Å². The summed E-state index contributed by atoms with van der Waals surface area (Å²) in [7, 11) is 0. The van der Waals surface area contributed by atoms with Crippen molar-refractivity contribution in [1.29, 1.82) is 0 Å². The van der Waals surface area contributed by atoms with E-state index < -0.39 is 11.8 Å². The number of para-hydroxylation sites is 1. The van der Waals surface area contributed by atoms with Gasteiger partial charge in [-0.3, -0.25) is 9.59 Å². The zero-order valence-electron chi connectivity index (χ0n) is 11.7. The molecule has 2 rings (SSSR count). The van der Waals surface area contributed by atoms with Crippen LogP contribution in [0.25, 0.3) is 0 Å². The minimum absolute atomic E-state index is 0.477. The molecular formula is C15H15N3O3. The van der Waals surface area contributed by atoms with Crippen LogP contribution in [0.15, 0.2) is 46.1 Å². The van der Waals surface area contributed by atoms with Gasteiger partial charge >= 0.3 is 11.8 Å². The molecule has 0 aliphatic heterocycles. The van der Waals surface area contributed by atoms with Gasteiger partial charge in [0.25, 0.3) is 0 Å². The highest BCUT2D eigenvalue weighted by Crippen LogP contribution is 2.19. The van der Waals surface area contributed by atoms with E-state index >= 15 is 0 Å². The van der Waals surface area contributed by atoms with Gasteiger partial charge in [-0.1, -0.05) is 18.2 Å². The molecule has 0 aliphatic carbocycles. The first-order valence-electron chi connectivity index (χ1n) is 6.32. The molecule has 0 fully saturated rings. The monoisotopic (exact) mass is 285 g/mol. The Morgan fingerprint density at radius 3 is 2.43 bits per heavy atom. The van der Waals surface area contributed by atoms with Crippen molar-refractivity contribution in [2.24, 2.45) is 5.10 Å². The smallest absolute Gasteiger partial charge is 0.329 e. The van der Waals surface area contributed by atoms with Crippen LogP contribution in [0.2, 0.25) is 0 Å². The van der Waals surface area contributed by atoms with Crippen LogP contribution in [0.4, 0.5) is 5.69 Å². The van der Waals surface area contributed by atoms with E-state index in [4.69, 9.17) is 4.42 Å². The molecule has 1 aromatic heterocycles. The van der Waals surface area contributed by atoms with Crippen molar-refractivity contribution in [3.63, 3.8) is 0 Å². The van der Waals surface area contributed by atoms with Crippen LogP contribution >= 0.6 is 0 Å². The van der Waals surface area contributed by atoms with Gasteiger partial charge in [-0.25, -0.2) is 5.43 Å². The highest BCUT2D eigenvalue weighted by Gasteiger charge is 2.14. The third kappa shape index (κ3) is 3.79. The van der Waals surface area contributed by atoms with Crippen LogP contribution in [0, 0.1) is 13.8 Å². The Morgan fingerprint density at radius 2 is 1.81 bits per heavy atom. The maximum atomic E-state index is 11.8. The first-order valence-corrected chi connectivity index (χ1v) is 6.32. The lowest BCUT2D eigenvalue weighted by Gasteiger charge is -2.10. The molecule has 0 aliphatic rings. The van der Waals surface area contributed by atoms with Crippen molar-refractivity contribution >= 4 is 23.7 Å². The van der Waals surface area contributed by atoms with E-state index in [1.807, 2.05) is 32.0 Å². The molecule has 2 amide bonds. The molecule has 0 saturated carbocycles. The molecule has 0 atom stereocenters. The van der Waals surface area contributed by atoms with Crippen molar-refractivity contribution in [2.45, 2.75) is 13.8 Å². The molecule has 0 saturated heterocycles. The van der Waals surface area contributed by atoms with E-state index in [0.29, 0.717) is 11.4 Å². The van der Waals surface area contributed by atoms with Gasteiger partial charge in [-0.05, 0) is 37.1 Å². The van der Waals surface area contributed by atoms with Crippen LogP contribution in [-0.2, 0) is 9.59 Å². The molecule has 2 N–H and O–H groups in total. The number of hydrogen-bond donors (Lipinski definition) is 2. The maximum Gasteiger partial charge on any atom is 0.329 e. The topological polar surface area (TPSA) is 83.7 Å². The summed E-state index contributed by atoms with van der Waals surface area (Å²) >= 11 is 0. The predicted molar refractivity (Wildman–Crippen MR) is 79.0 cm³/mol. The molecule has 0 bridgehead atoms. The Labute approximate surface area is 121 Å². The molecule has 1 heterocycles. The van der Waals surface area contributed by atoms with Gasteiger partial charge in [0, 0.05) is 5.69 Å². The summed E-state index contributed by atoms with van der Waals surface area (Å²) in [6.07, 6.45) is 2.79. The van der Waals surface area contributed by atoms with Gasteiger partial charge in [0.1, 0.15) is 5.76 Å². The number of carbonyl (C=O) groups excluding carboxylic acids is 2. The maximum absolute atomic E-state index is 11.8. The zero-order chi connectivity index (χ0) is 15.2. The molecule has 0 unspecified atom stereocenters. The fraction of sp³-hybridized carbons (Fsp3) is 0.133. The molecule has 2 aromatic rings. The van der Waals surface area contributed by atoms with Crippen LogP contribution in [0.5, 0.6) is 0 Å². The van der Waals surface area contributed by atoms with Crippen LogP contribution in [-0.4, -0.2) is 18.0 Å². The summed E-state index contributed by atoms with van der Waals surface area (Å²) in [5, 5.41) is 6.22. The second kappa shape index (κ2) is 6.51. The molecule has 21 heavy (non-hydrogen) atoms. The van der Waals surface area contributed by atoms with Crippen molar-refractivity contribution in [3.8, 4) is 0 Å². The van der Waals surface area contributed by atoms with Gasteiger partial charge in [-0.2, -0.15) is 5.10 Å². The Hall–Kier alpha value is -2.89.